The standard InChI is InChI=1S/C28H46O8Si/c1-15(29)28(36-37(6,7)8)25(33)24(32)23-20-10-9-18-13-19(34-16(2)30)11-12-26(18,4)21(20)14-22(27(23,28)5)35-17(3)31/h18-25,32-33H,9-14H2,1-8H3/t18-,19-,20+,21-,22+,23+,24-,25-,26-,27-,28+/m0/s1. The number of rotatable bonds is 5. The minimum Gasteiger partial charge on any atom is -0.463 e. The zero-order valence-electron chi connectivity index (χ0n) is 23.7. The highest BCUT2D eigenvalue weighted by Gasteiger charge is 2.78. The molecule has 4 fully saturated rings. The van der Waals surface area contributed by atoms with E-state index in [0.29, 0.717) is 12.3 Å². The number of ether oxygens (including phenoxy) is 2. The first-order valence-electron chi connectivity index (χ1n) is 13.9. The first-order valence-corrected chi connectivity index (χ1v) is 17.3. The van der Waals surface area contributed by atoms with Gasteiger partial charge in [-0.05, 0) is 88.3 Å². The predicted octanol–water partition coefficient (Wildman–Crippen LogP) is 3.62. The monoisotopic (exact) mass is 538 g/mol. The average Bonchev–Trinajstić information content (AvgIpc) is 2.92. The molecule has 4 aliphatic carbocycles. The van der Waals surface area contributed by atoms with Gasteiger partial charge in [0, 0.05) is 25.2 Å². The highest BCUT2D eigenvalue weighted by molar-refractivity contribution is 6.70. The van der Waals surface area contributed by atoms with Crippen LogP contribution in [-0.4, -0.2) is 66.3 Å². The second-order valence-electron chi connectivity index (χ2n) is 13.6. The summed E-state index contributed by atoms with van der Waals surface area (Å²) in [6.07, 6.45) is 1.39. The third kappa shape index (κ3) is 4.32. The molecule has 0 saturated heterocycles. The molecule has 0 aromatic heterocycles. The minimum absolute atomic E-state index is 0.0412. The number of aliphatic hydroxyl groups is 2. The van der Waals surface area contributed by atoms with Crippen molar-refractivity contribution in [1.29, 1.82) is 0 Å². The molecule has 4 aliphatic rings. The lowest BCUT2D eigenvalue weighted by Gasteiger charge is -2.63. The third-order valence-corrected chi connectivity index (χ3v) is 11.5. The molecular weight excluding hydrogens is 492 g/mol. The van der Waals surface area contributed by atoms with Crippen molar-refractivity contribution in [3.05, 3.63) is 0 Å². The van der Waals surface area contributed by atoms with Crippen molar-refractivity contribution in [2.75, 3.05) is 0 Å². The van der Waals surface area contributed by atoms with Crippen molar-refractivity contribution < 1.29 is 38.5 Å². The van der Waals surface area contributed by atoms with Crippen LogP contribution in [0, 0.1) is 34.5 Å². The van der Waals surface area contributed by atoms with Gasteiger partial charge in [-0.3, -0.25) is 14.4 Å². The van der Waals surface area contributed by atoms with Gasteiger partial charge in [-0.2, -0.15) is 0 Å². The summed E-state index contributed by atoms with van der Waals surface area (Å²) in [4.78, 5) is 37.5. The highest BCUT2D eigenvalue weighted by atomic mass is 28.4. The zero-order chi connectivity index (χ0) is 27.7. The predicted molar refractivity (Wildman–Crippen MR) is 139 cm³/mol. The number of carbonyl (C=O) groups is 3. The number of fused-ring (bicyclic) bond motifs is 5. The maximum atomic E-state index is 13.5. The van der Waals surface area contributed by atoms with Gasteiger partial charge in [0.05, 0.1) is 6.10 Å². The van der Waals surface area contributed by atoms with Crippen LogP contribution in [0.25, 0.3) is 0 Å². The first kappa shape index (κ1) is 28.7. The number of hydrogen-bond donors (Lipinski definition) is 2. The van der Waals surface area contributed by atoms with E-state index in [0.717, 1.165) is 32.1 Å². The van der Waals surface area contributed by atoms with Gasteiger partial charge in [-0.25, -0.2) is 0 Å². The van der Waals surface area contributed by atoms with E-state index in [4.69, 9.17) is 13.9 Å². The largest absolute Gasteiger partial charge is 0.463 e. The minimum atomic E-state index is -2.40. The number of carbonyl (C=O) groups excluding carboxylic acids is 3. The van der Waals surface area contributed by atoms with Gasteiger partial charge in [0.25, 0.3) is 0 Å². The molecule has 0 aliphatic heterocycles. The summed E-state index contributed by atoms with van der Waals surface area (Å²) >= 11 is 0. The Kier molecular flexibility index (Phi) is 7.31. The first-order chi connectivity index (χ1) is 17.0. The van der Waals surface area contributed by atoms with Crippen molar-refractivity contribution in [3.8, 4) is 0 Å². The van der Waals surface area contributed by atoms with E-state index in [2.05, 4.69) is 6.92 Å². The Bertz CT molecular complexity index is 947. The summed E-state index contributed by atoms with van der Waals surface area (Å²) in [6.45, 7) is 14.3. The molecule has 37 heavy (non-hydrogen) atoms. The average molecular weight is 539 g/mol. The second-order valence-corrected chi connectivity index (χ2v) is 18.1. The van der Waals surface area contributed by atoms with Crippen LogP contribution >= 0.6 is 0 Å². The van der Waals surface area contributed by atoms with E-state index in [1.807, 2.05) is 26.6 Å². The maximum Gasteiger partial charge on any atom is 0.302 e. The van der Waals surface area contributed by atoms with Gasteiger partial charge >= 0.3 is 11.9 Å². The van der Waals surface area contributed by atoms with Crippen LogP contribution in [-0.2, 0) is 28.3 Å². The smallest absolute Gasteiger partial charge is 0.302 e. The Morgan fingerprint density at radius 3 is 2.05 bits per heavy atom. The molecule has 4 rings (SSSR count). The molecule has 0 heterocycles. The van der Waals surface area contributed by atoms with Gasteiger partial charge in [0.15, 0.2) is 19.7 Å². The fraction of sp³-hybridized carbons (Fsp3) is 0.893. The third-order valence-electron chi connectivity index (χ3n) is 10.5. The molecule has 11 atom stereocenters. The Hall–Kier alpha value is -1.29. The van der Waals surface area contributed by atoms with E-state index < -0.39 is 49.5 Å². The molecular formula is C28H46O8Si. The fourth-order valence-electron chi connectivity index (χ4n) is 9.28. The fourth-order valence-corrected chi connectivity index (χ4v) is 10.7. The maximum absolute atomic E-state index is 13.5. The Labute approximate surface area is 221 Å². The van der Waals surface area contributed by atoms with Crippen LogP contribution in [0.15, 0.2) is 0 Å². The molecule has 0 aromatic rings. The summed E-state index contributed by atoms with van der Waals surface area (Å²) in [7, 11) is -2.40. The Morgan fingerprint density at radius 2 is 1.51 bits per heavy atom. The highest BCUT2D eigenvalue weighted by Crippen LogP contribution is 2.70. The lowest BCUT2D eigenvalue weighted by atomic mass is 9.43. The van der Waals surface area contributed by atoms with Crippen LogP contribution in [0.3, 0.4) is 0 Å². The van der Waals surface area contributed by atoms with Crippen LogP contribution in [0.5, 0.6) is 0 Å². The van der Waals surface area contributed by atoms with E-state index in [1.165, 1.54) is 20.8 Å². The topological polar surface area (TPSA) is 119 Å². The molecule has 0 radical (unpaired) electrons. The number of esters is 2. The number of ketones is 1. The van der Waals surface area contributed by atoms with E-state index in [-0.39, 0.29) is 35.1 Å². The lowest BCUT2D eigenvalue weighted by Crippen LogP contribution is -2.69. The van der Waals surface area contributed by atoms with E-state index >= 15 is 0 Å². The Morgan fingerprint density at radius 1 is 0.892 bits per heavy atom. The van der Waals surface area contributed by atoms with Crippen LogP contribution in [0.1, 0.15) is 73.1 Å². The molecule has 9 heteroatoms. The van der Waals surface area contributed by atoms with Crippen LogP contribution in [0.2, 0.25) is 19.6 Å². The molecule has 8 nitrogen and oxygen atoms in total. The summed E-state index contributed by atoms with van der Waals surface area (Å²) in [5.74, 6) is -0.979. The number of Topliss-reactive ketones (excluding diaryl/α,β-unsaturated/α-hetero) is 1. The lowest BCUT2D eigenvalue weighted by molar-refractivity contribution is -0.223. The zero-order valence-corrected chi connectivity index (χ0v) is 24.7. The van der Waals surface area contributed by atoms with Gasteiger partial charge in [0.1, 0.15) is 18.3 Å². The van der Waals surface area contributed by atoms with Gasteiger partial charge < -0.3 is 24.1 Å². The van der Waals surface area contributed by atoms with Gasteiger partial charge in [-0.1, -0.05) is 13.8 Å². The molecule has 0 unspecified atom stereocenters. The van der Waals surface area contributed by atoms with Crippen LogP contribution < -0.4 is 0 Å². The molecule has 210 valence electrons. The number of aliphatic hydroxyl groups excluding tert-OH is 2. The van der Waals surface area contributed by atoms with Crippen LogP contribution in [0.4, 0.5) is 0 Å². The van der Waals surface area contributed by atoms with Gasteiger partial charge in [0.2, 0.25) is 0 Å². The van der Waals surface area contributed by atoms with Crippen molar-refractivity contribution in [2.45, 2.75) is 123 Å². The van der Waals surface area contributed by atoms with E-state index in [9.17, 15) is 24.6 Å². The van der Waals surface area contributed by atoms with Crippen molar-refractivity contribution in [1.82, 2.24) is 0 Å². The number of hydrogen-bond acceptors (Lipinski definition) is 8. The molecule has 0 spiro atoms. The van der Waals surface area contributed by atoms with Gasteiger partial charge in [-0.15, -0.1) is 0 Å². The summed E-state index contributed by atoms with van der Waals surface area (Å²) < 4.78 is 18.2. The SMILES string of the molecule is CC(=O)O[C@H]1CC[C@@]2(C)[C@@H](CC[C@H]3[C@@H]4[C@H](O)[C@H](O)[C@](O[Si](C)(C)C)(C(C)=O)[C@@]4(C)[C@H](OC(C)=O)C[C@@H]32)C1. The molecule has 0 aromatic carbocycles. The summed E-state index contributed by atoms with van der Waals surface area (Å²) in [5.41, 5.74) is -2.83. The molecule has 2 N–H and O–H groups in total. The molecule has 0 amide bonds. The second kappa shape index (κ2) is 9.42. The summed E-state index contributed by atoms with van der Waals surface area (Å²) in [6, 6.07) is 0. The molecule has 4 saturated carbocycles. The van der Waals surface area contributed by atoms with Crippen molar-refractivity contribution in [2.24, 2.45) is 34.5 Å². The van der Waals surface area contributed by atoms with Crippen molar-refractivity contribution >= 4 is 26.0 Å². The quantitative estimate of drug-likeness (QED) is 0.402. The summed E-state index contributed by atoms with van der Waals surface area (Å²) in [5, 5.41) is 23.3. The van der Waals surface area contributed by atoms with Crippen molar-refractivity contribution in [3.63, 3.8) is 0 Å². The normalized spacial score (nSPS) is 47.3. The van der Waals surface area contributed by atoms with E-state index in [1.54, 1.807) is 0 Å². The Balaban J connectivity index is 1.80. The molecule has 0 bridgehead atoms.